The number of likely N-dealkylation sites (tertiary alicyclic amines) is 1. The highest BCUT2D eigenvalue weighted by atomic mass is 15.3. The molecule has 1 spiro atoms. The topological polar surface area (TPSA) is 27.6 Å². The SMILES string of the molecule is C1CC2(C1)CCN(C1=NCCN1)C2. The molecule has 1 aliphatic carbocycles. The molecule has 13 heavy (non-hydrogen) atoms. The summed E-state index contributed by atoms with van der Waals surface area (Å²) in [4.78, 5) is 6.92. The summed E-state index contributed by atoms with van der Waals surface area (Å²) in [5, 5.41) is 3.36. The van der Waals surface area contributed by atoms with Gasteiger partial charge in [0.1, 0.15) is 0 Å². The zero-order chi connectivity index (χ0) is 8.73. The van der Waals surface area contributed by atoms with Crippen molar-refractivity contribution in [3.05, 3.63) is 0 Å². The van der Waals surface area contributed by atoms with Gasteiger partial charge in [-0.2, -0.15) is 0 Å². The van der Waals surface area contributed by atoms with Crippen LogP contribution in [-0.2, 0) is 0 Å². The molecule has 3 heteroatoms. The highest BCUT2D eigenvalue weighted by molar-refractivity contribution is 5.81. The maximum absolute atomic E-state index is 4.47. The summed E-state index contributed by atoms with van der Waals surface area (Å²) in [5.74, 6) is 1.17. The molecule has 0 radical (unpaired) electrons. The number of hydrogen-bond donors (Lipinski definition) is 1. The van der Waals surface area contributed by atoms with E-state index in [0.717, 1.165) is 13.1 Å². The molecule has 0 amide bonds. The van der Waals surface area contributed by atoms with E-state index in [2.05, 4.69) is 15.2 Å². The lowest BCUT2D eigenvalue weighted by atomic mass is 9.68. The van der Waals surface area contributed by atoms with Crippen molar-refractivity contribution >= 4 is 5.96 Å². The molecule has 2 fully saturated rings. The zero-order valence-electron chi connectivity index (χ0n) is 8.05. The van der Waals surface area contributed by atoms with Gasteiger partial charge in [0, 0.05) is 19.6 Å². The van der Waals surface area contributed by atoms with E-state index >= 15 is 0 Å². The Balaban J connectivity index is 1.68. The van der Waals surface area contributed by atoms with Gasteiger partial charge in [0.15, 0.2) is 5.96 Å². The first kappa shape index (κ1) is 7.65. The summed E-state index contributed by atoms with van der Waals surface area (Å²) in [6.07, 6.45) is 5.76. The van der Waals surface area contributed by atoms with E-state index < -0.39 is 0 Å². The summed E-state index contributed by atoms with van der Waals surface area (Å²) in [5.41, 5.74) is 0.701. The van der Waals surface area contributed by atoms with Crippen molar-refractivity contribution in [3.63, 3.8) is 0 Å². The average molecular weight is 179 g/mol. The van der Waals surface area contributed by atoms with E-state index in [0.29, 0.717) is 5.41 Å². The van der Waals surface area contributed by atoms with Crippen LogP contribution in [0.4, 0.5) is 0 Å². The van der Waals surface area contributed by atoms with Crippen LogP contribution in [0.25, 0.3) is 0 Å². The van der Waals surface area contributed by atoms with Crippen molar-refractivity contribution in [2.75, 3.05) is 26.2 Å². The van der Waals surface area contributed by atoms with E-state index in [1.807, 2.05) is 0 Å². The number of aliphatic imine (C=N–C) groups is 1. The summed E-state index contributed by atoms with van der Waals surface area (Å²) in [7, 11) is 0. The van der Waals surface area contributed by atoms with Crippen LogP contribution in [0.3, 0.4) is 0 Å². The minimum atomic E-state index is 0.701. The van der Waals surface area contributed by atoms with Crippen molar-refractivity contribution in [1.29, 1.82) is 0 Å². The van der Waals surface area contributed by atoms with Gasteiger partial charge in [0.05, 0.1) is 6.54 Å². The molecule has 3 rings (SSSR count). The number of rotatable bonds is 0. The second-order valence-corrected chi connectivity index (χ2v) is 4.66. The second-order valence-electron chi connectivity index (χ2n) is 4.66. The van der Waals surface area contributed by atoms with Crippen molar-refractivity contribution in [3.8, 4) is 0 Å². The molecule has 3 aliphatic rings. The molecule has 0 unspecified atom stereocenters. The first-order valence-corrected chi connectivity index (χ1v) is 5.41. The molecule has 0 aromatic heterocycles. The Labute approximate surface area is 79.2 Å². The van der Waals surface area contributed by atoms with Gasteiger partial charge in [-0.15, -0.1) is 0 Å². The molecule has 0 bridgehead atoms. The van der Waals surface area contributed by atoms with Crippen LogP contribution in [0.2, 0.25) is 0 Å². The van der Waals surface area contributed by atoms with Crippen molar-refractivity contribution in [2.24, 2.45) is 10.4 Å². The normalized spacial score (nSPS) is 30.2. The predicted molar refractivity (Wildman–Crippen MR) is 52.8 cm³/mol. The van der Waals surface area contributed by atoms with Crippen LogP contribution in [0.5, 0.6) is 0 Å². The molecular weight excluding hydrogens is 162 g/mol. The Bertz CT molecular complexity index is 243. The van der Waals surface area contributed by atoms with Crippen LogP contribution in [-0.4, -0.2) is 37.0 Å². The van der Waals surface area contributed by atoms with E-state index in [1.165, 1.54) is 44.7 Å². The molecule has 1 N–H and O–H groups in total. The van der Waals surface area contributed by atoms with E-state index in [4.69, 9.17) is 0 Å². The fourth-order valence-corrected chi connectivity index (χ4v) is 2.80. The first-order chi connectivity index (χ1) is 6.38. The zero-order valence-corrected chi connectivity index (χ0v) is 8.05. The Hall–Kier alpha value is -0.730. The lowest BCUT2D eigenvalue weighted by Crippen LogP contribution is -2.40. The van der Waals surface area contributed by atoms with Crippen LogP contribution in [0.1, 0.15) is 25.7 Å². The number of hydrogen-bond acceptors (Lipinski definition) is 3. The maximum atomic E-state index is 4.47. The molecule has 0 aromatic carbocycles. The lowest BCUT2D eigenvalue weighted by molar-refractivity contribution is 0.152. The molecule has 3 nitrogen and oxygen atoms in total. The van der Waals surface area contributed by atoms with Crippen LogP contribution in [0, 0.1) is 5.41 Å². The highest BCUT2D eigenvalue weighted by Gasteiger charge is 2.43. The smallest absolute Gasteiger partial charge is 0.194 e. The summed E-state index contributed by atoms with van der Waals surface area (Å²) in [6, 6.07) is 0. The van der Waals surface area contributed by atoms with Gasteiger partial charge >= 0.3 is 0 Å². The third-order valence-corrected chi connectivity index (χ3v) is 3.81. The molecule has 72 valence electrons. The molecule has 2 heterocycles. The minimum absolute atomic E-state index is 0.701. The fraction of sp³-hybridized carbons (Fsp3) is 0.900. The van der Waals surface area contributed by atoms with Crippen LogP contribution in [0.15, 0.2) is 4.99 Å². The summed E-state index contributed by atoms with van der Waals surface area (Å²) in [6.45, 7) is 4.50. The van der Waals surface area contributed by atoms with E-state index in [1.54, 1.807) is 0 Å². The van der Waals surface area contributed by atoms with E-state index in [-0.39, 0.29) is 0 Å². The fourth-order valence-electron chi connectivity index (χ4n) is 2.80. The largest absolute Gasteiger partial charge is 0.354 e. The summed E-state index contributed by atoms with van der Waals surface area (Å²) < 4.78 is 0. The Morgan fingerprint density at radius 3 is 2.77 bits per heavy atom. The number of guanidine groups is 1. The number of nitrogens with one attached hydrogen (secondary N) is 1. The Morgan fingerprint density at radius 2 is 2.23 bits per heavy atom. The van der Waals surface area contributed by atoms with Gasteiger partial charge in [-0.3, -0.25) is 4.99 Å². The molecule has 0 atom stereocenters. The Kier molecular flexibility index (Phi) is 1.55. The quantitative estimate of drug-likeness (QED) is 0.596. The van der Waals surface area contributed by atoms with Gasteiger partial charge in [-0.25, -0.2) is 0 Å². The minimum Gasteiger partial charge on any atom is -0.354 e. The molecule has 1 saturated carbocycles. The standard InChI is InChI=1S/C10H17N3/c1-2-10(3-1)4-7-13(8-10)9-11-5-6-12-9/h1-8H2,(H,11,12). The Morgan fingerprint density at radius 1 is 1.31 bits per heavy atom. The lowest BCUT2D eigenvalue weighted by Gasteiger charge is -2.38. The molecule has 0 aromatic rings. The highest BCUT2D eigenvalue weighted by Crippen LogP contribution is 2.47. The number of nitrogens with zero attached hydrogens (tertiary/aromatic N) is 2. The van der Waals surface area contributed by atoms with Crippen LogP contribution < -0.4 is 5.32 Å². The predicted octanol–water partition coefficient (Wildman–Crippen LogP) is 0.822. The maximum Gasteiger partial charge on any atom is 0.194 e. The monoisotopic (exact) mass is 179 g/mol. The van der Waals surface area contributed by atoms with Crippen molar-refractivity contribution < 1.29 is 0 Å². The van der Waals surface area contributed by atoms with Gasteiger partial charge in [-0.05, 0) is 24.7 Å². The van der Waals surface area contributed by atoms with Gasteiger partial charge in [-0.1, -0.05) is 6.42 Å². The first-order valence-electron chi connectivity index (χ1n) is 5.41. The van der Waals surface area contributed by atoms with Crippen molar-refractivity contribution in [1.82, 2.24) is 10.2 Å². The third kappa shape index (κ3) is 1.13. The van der Waals surface area contributed by atoms with Crippen molar-refractivity contribution in [2.45, 2.75) is 25.7 Å². The molecular formula is C10H17N3. The summed E-state index contributed by atoms with van der Waals surface area (Å²) >= 11 is 0. The van der Waals surface area contributed by atoms with Crippen LogP contribution >= 0.6 is 0 Å². The van der Waals surface area contributed by atoms with Gasteiger partial charge in [0.25, 0.3) is 0 Å². The molecule has 2 aliphatic heterocycles. The van der Waals surface area contributed by atoms with Gasteiger partial charge < -0.3 is 10.2 Å². The third-order valence-electron chi connectivity index (χ3n) is 3.81. The average Bonchev–Trinajstić information content (AvgIpc) is 2.71. The molecule has 1 saturated heterocycles. The second kappa shape index (κ2) is 2.63. The van der Waals surface area contributed by atoms with E-state index in [9.17, 15) is 0 Å². The van der Waals surface area contributed by atoms with Gasteiger partial charge in [0.2, 0.25) is 0 Å².